The van der Waals surface area contributed by atoms with E-state index in [2.05, 4.69) is 15.4 Å². The minimum atomic E-state index is -0.861. The van der Waals surface area contributed by atoms with Gasteiger partial charge >= 0.3 is 6.09 Å². The van der Waals surface area contributed by atoms with Gasteiger partial charge in [0.2, 0.25) is 0 Å². The van der Waals surface area contributed by atoms with Gasteiger partial charge in [-0.25, -0.2) is 20.2 Å². The smallest absolute Gasteiger partial charge is 0.426 e. The van der Waals surface area contributed by atoms with Gasteiger partial charge in [0.15, 0.2) is 5.78 Å². The first-order valence-electron chi connectivity index (χ1n) is 12.7. The molecule has 0 fully saturated rings. The summed E-state index contributed by atoms with van der Waals surface area (Å²) in [6, 6.07) is 13.9. The lowest BCUT2D eigenvalue weighted by molar-refractivity contribution is 0.0118. The number of rotatable bonds is 5. The maximum absolute atomic E-state index is 13.7. The molecule has 2 N–H and O–H groups in total. The standard InChI is InChI=1S/C30H30Cl2N4O5/c1-29(2,3)36(35-28(39)41-30(4,5)6)27(38)21-16-34-26-23(24(21)32)20(15-33-26)25(37)19-13-12-18(14-22(19)31)40-17-10-8-7-9-11-17/h7-16H,1-6H3,(H,33,34)(H,35,39). The molecule has 0 unspecified atom stereocenters. The number of para-hydroxylation sites is 1. The van der Waals surface area contributed by atoms with Crippen LogP contribution in [0.3, 0.4) is 0 Å². The molecule has 2 amide bonds. The van der Waals surface area contributed by atoms with E-state index < -0.39 is 28.9 Å². The van der Waals surface area contributed by atoms with E-state index in [1.54, 1.807) is 71.9 Å². The molecule has 4 rings (SSSR count). The van der Waals surface area contributed by atoms with E-state index in [1.807, 2.05) is 18.2 Å². The van der Waals surface area contributed by atoms with Crippen molar-refractivity contribution < 1.29 is 23.9 Å². The highest BCUT2D eigenvalue weighted by Gasteiger charge is 2.33. The SMILES string of the molecule is CC(C)(C)OC(=O)NN(C(=O)c1cnc2[nH]cc(C(=O)c3ccc(Oc4ccccc4)cc3Cl)c2c1Cl)C(C)(C)C. The van der Waals surface area contributed by atoms with Crippen molar-refractivity contribution in [1.29, 1.82) is 0 Å². The van der Waals surface area contributed by atoms with Crippen LogP contribution in [0.1, 0.15) is 67.8 Å². The van der Waals surface area contributed by atoms with E-state index in [4.69, 9.17) is 32.7 Å². The number of nitrogens with one attached hydrogen (secondary N) is 2. The minimum Gasteiger partial charge on any atom is -0.457 e. The van der Waals surface area contributed by atoms with Crippen LogP contribution in [0.2, 0.25) is 10.0 Å². The first-order valence-corrected chi connectivity index (χ1v) is 13.5. The molecule has 2 aromatic heterocycles. The molecule has 0 radical (unpaired) electrons. The van der Waals surface area contributed by atoms with E-state index in [-0.39, 0.29) is 32.1 Å². The van der Waals surface area contributed by atoms with Gasteiger partial charge in [-0.15, -0.1) is 0 Å². The maximum atomic E-state index is 13.7. The molecule has 214 valence electrons. The number of hydrazine groups is 1. The van der Waals surface area contributed by atoms with Gasteiger partial charge < -0.3 is 14.5 Å². The molecule has 0 saturated heterocycles. The van der Waals surface area contributed by atoms with Crippen molar-refractivity contribution in [1.82, 2.24) is 20.4 Å². The van der Waals surface area contributed by atoms with Crippen LogP contribution in [-0.2, 0) is 4.74 Å². The highest BCUT2D eigenvalue weighted by molar-refractivity contribution is 6.41. The lowest BCUT2D eigenvalue weighted by Crippen LogP contribution is -2.56. The largest absolute Gasteiger partial charge is 0.457 e. The third kappa shape index (κ3) is 6.81. The Bertz CT molecular complexity index is 1620. The minimum absolute atomic E-state index is 0.00927. The fourth-order valence-electron chi connectivity index (χ4n) is 3.93. The monoisotopic (exact) mass is 596 g/mol. The van der Waals surface area contributed by atoms with Crippen molar-refractivity contribution in [3.63, 3.8) is 0 Å². The van der Waals surface area contributed by atoms with Gasteiger partial charge in [0.05, 0.1) is 26.7 Å². The summed E-state index contributed by atoms with van der Waals surface area (Å²) in [5.74, 6) is 0.0203. The number of pyridine rings is 1. The number of hydrogen-bond donors (Lipinski definition) is 2. The van der Waals surface area contributed by atoms with Crippen LogP contribution in [0.4, 0.5) is 4.79 Å². The van der Waals surface area contributed by atoms with E-state index in [9.17, 15) is 14.4 Å². The van der Waals surface area contributed by atoms with Crippen molar-refractivity contribution >= 4 is 52.0 Å². The van der Waals surface area contributed by atoms with Crippen LogP contribution >= 0.6 is 23.2 Å². The molecule has 2 heterocycles. The highest BCUT2D eigenvalue weighted by atomic mass is 35.5. The second kappa shape index (κ2) is 11.4. The lowest BCUT2D eigenvalue weighted by atomic mass is 10.0. The fourth-order valence-corrected chi connectivity index (χ4v) is 4.51. The number of aromatic nitrogens is 2. The van der Waals surface area contributed by atoms with E-state index >= 15 is 0 Å². The molecule has 0 spiro atoms. The van der Waals surface area contributed by atoms with Gasteiger partial charge in [0, 0.05) is 29.4 Å². The average Bonchev–Trinajstić information content (AvgIpc) is 3.31. The molecule has 2 aromatic carbocycles. The number of hydrogen-bond acceptors (Lipinski definition) is 6. The lowest BCUT2D eigenvalue weighted by Gasteiger charge is -2.36. The zero-order valence-corrected chi connectivity index (χ0v) is 25.0. The van der Waals surface area contributed by atoms with Crippen molar-refractivity contribution in [3.05, 3.63) is 87.7 Å². The van der Waals surface area contributed by atoms with Gasteiger partial charge in [-0.2, -0.15) is 0 Å². The summed E-state index contributed by atoms with van der Waals surface area (Å²) in [6.07, 6.45) is 1.94. The average molecular weight is 597 g/mol. The third-order valence-electron chi connectivity index (χ3n) is 5.75. The number of ketones is 1. The molecule has 11 heteroatoms. The Morgan fingerprint density at radius 1 is 0.902 bits per heavy atom. The zero-order valence-electron chi connectivity index (χ0n) is 23.5. The summed E-state index contributed by atoms with van der Waals surface area (Å²) in [6.45, 7) is 10.4. The van der Waals surface area contributed by atoms with E-state index in [1.165, 1.54) is 12.4 Å². The molecular formula is C30H30Cl2N4O5. The Labute approximate surface area is 247 Å². The second-order valence-corrected chi connectivity index (χ2v) is 12.0. The Morgan fingerprint density at radius 3 is 2.20 bits per heavy atom. The van der Waals surface area contributed by atoms with Gasteiger partial charge in [-0.1, -0.05) is 41.4 Å². The molecule has 0 saturated carbocycles. The molecule has 9 nitrogen and oxygen atoms in total. The first kappa shape index (κ1) is 29.9. The molecule has 41 heavy (non-hydrogen) atoms. The summed E-state index contributed by atoms with van der Waals surface area (Å²) in [7, 11) is 0. The number of nitrogens with zero attached hydrogens (tertiary/aromatic N) is 2. The Hall–Kier alpha value is -4.08. The zero-order chi connectivity index (χ0) is 30.1. The molecule has 0 aliphatic heterocycles. The van der Waals surface area contributed by atoms with Crippen molar-refractivity contribution in [2.24, 2.45) is 0 Å². The number of benzene rings is 2. The number of halogens is 2. The first-order chi connectivity index (χ1) is 19.2. The normalized spacial score (nSPS) is 11.7. The third-order valence-corrected chi connectivity index (χ3v) is 6.46. The quantitative estimate of drug-likeness (QED) is 0.181. The topological polar surface area (TPSA) is 114 Å². The molecule has 4 aromatic rings. The van der Waals surface area contributed by atoms with Gasteiger partial charge in [0.25, 0.3) is 5.91 Å². The molecule has 0 aliphatic rings. The van der Waals surface area contributed by atoms with Gasteiger partial charge in [0.1, 0.15) is 22.7 Å². The van der Waals surface area contributed by atoms with Crippen LogP contribution in [-0.4, -0.2) is 43.9 Å². The van der Waals surface area contributed by atoms with Crippen LogP contribution in [0.25, 0.3) is 11.0 Å². The Morgan fingerprint density at radius 2 is 1.59 bits per heavy atom. The number of carbonyl (C=O) groups excluding carboxylic acids is 3. The van der Waals surface area contributed by atoms with Gasteiger partial charge in [-0.05, 0) is 65.8 Å². The molecule has 0 bridgehead atoms. The summed E-state index contributed by atoms with van der Waals surface area (Å²) < 4.78 is 11.1. The Balaban J connectivity index is 1.67. The highest BCUT2D eigenvalue weighted by Crippen LogP contribution is 2.34. The van der Waals surface area contributed by atoms with Crippen molar-refractivity contribution in [2.75, 3.05) is 0 Å². The summed E-state index contributed by atoms with van der Waals surface area (Å²) >= 11 is 13.2. The van der Waals surface area contributed by atoms with Crippen LogP contribution in [0.15, 0.2) is 60.9 Å². The second-order valence-electron chi connectivity index (χ2n) is 11.2. The molecule has 0 aliphatic carbocycles. The molecule has 0 atom stereocenters. The summed E-state index contributed by atoms with van der Waals surface area (Å²) in [5.41, 5.74) is 1.54. The van der Waals surface area contributed by atoms with Gasteiger partial charge in [-0.3, -0.25) is 9.59 Å². The fraction of sp³-hybridized carbons (Fsp3) is 0.267. The number of aromatic amines is 1. The number of carbonyl (C=O) groups is 3. The number of H-pyrrole nitrogens is 1. The predicted octanol–water partition coefficient (Wildman–Crippen LogP) is 7.57. The predicted molar refractivity (Wildman–Crippen MR) is 158 cm³/mol. The molecular weight excluding hydrogens is 567 g/mol. The summed E-state index contributed by atoms with van der Waals surface area (Å²) in [4.78, 5) is 47.0. The van der Waals surface area contributed by atoms with Crippen LogP contribution < -0.4 is 10.2 Å². The van der Waals surface area contributed by atoms with Crippen molar-refractivity contribution in [3.8, 4) is 11.5 Å². The van der Waals surface area contributed by atoms with Crippen LogP contribution in [0.5, 0.6) is 11.5 Å². The Kier molecular flexibility index (Phi) is 8.33. The number of ether oxygens (including phenoxy) is 2. The van der Waals surface area contributed by atoms with Crippen molar-refractivity contribution in [2.45, 2.75) is 52.7 Å². The number of amides is 2. The van der Waals surface area contributed by atoms with E-state index in [0.29, 0.717) is 17.1 Å². The van der Waals surface area contributed by atoms with Crippen LogP contribution in [0, 0.1) is 0 Å². The summed E-state index contributed by atoms with van der Waals surface area (Å²) in [5, 5.41) is 1.53. The maximum Gasteiger partial charge on any atom is 0.426 e. The number of fused-ring (bicyclic) bond motifs is 1. The van der Waals surface area contributed by atoms with E-state index in [0.717, 1.165) is 5.01 Å².